The van der Waals surface area contributed by atoms with Gasteiger partial charge in [-0.1, -0.05) is 29.6 Å². The summed E-state index contributed by atoms with van der Waals surface area (Å²) in [6.45, 7) is 2.10. The molecule has 1 atom stereocenters. The maximum Gasteiger partial charge on any atom is 0.328 e. The van der Waals surface area contributed by atoms with Gasteiger partial charge in [-0.25, -0.2) is 4.79 Å². The van der Waals surface area contributed by atoms with Crippen LogP contribution < -0.4 is 5.32 Å². The van der Waals surface area contributed by atoms with Crippen molar-refractivity contribution in [3.8, 4) is 0 Å². The van der Waals surface area contributed by atoms with Gasteiger partial charge in [0.2, 0.25) is 5.91 Å². The third-order valence-electron chi connectivity index (χ3n) is 4.19. The van der Waals surface area contributed by atoms with Crippen LogP contribution in [0.4, 0.5) is 10.5 Å². The number of halogens is 2. The van der Waals surface area contributed by atoms with E-state index in [4.69, 9.17) is 23.2 Å². The Morgan fingerprint density at radius 1 is 1.14 bits per heavy atom. The molecule has 1 N–H and O–H groups in total. The summed E-state index contributed by atoms with van der Waals surface area (Å²) in [5.74, 6) is -0.108. The van der Waals surface area contributed by atoms with E-state index in [1.54, 1.807) is 18.2 Å². The molecule has 0 saturated carbocycles. The van der Waals surface area contributed by atoms with Gasteiger partial charge in [-0.3, -0.25) is 14.6 Å². The van der Waals surface area contributed by atoms with Crippen LogP contribution in [0.5, 0.6) is 0 Å². The van der Waals surface area contributed by atoms with Crippen molar-refractivity contribution in [2.75, 3.05) is 25.0 Å². The van der Waals surface area contributed by atoms with Gasteiger partial charge in [0.1, 0.15) is 0 Å². The summed E-state index contributed by atoms with van der Waals surface area (Å²) >= 11 is 11.8. The smallest absolute Gasteiger partial charge is 0.307 e. The van der Waals surface area contributed by atoms with Gasteiger partial charge in [0, 0.05) is 18.8 Å². The lowest BCUT2D eigenvalue weighted by atomic mass is 9.99. The Hall–Kier alpha value is -1.30. The molecule has 1 unspecified atom stereocenters. The fraction of sp³-hybridized carbons (Fsp3) is 0.467. The van der Waals surface area contributed by atoms with Gasteiger partial charge in [0.15, 0.2) is 0 Å². The van der Waals surface area contributed by atoms with Gasteiger partial charge >= 0.3 is 6.03 Å². The highest BCUT2D eigenvalue weighted by molar-refractivity contribution is 6.42. The molecule has 2 heterocycles. The zero-order valence-corrected chi connectivity index (χ0v) is 13.5. The number of carbonyl (C=O) groups is 2. The summed E-state index contributed by atoms with van der Waals surface area (Å²) < 4.78 is 0. The second-order valence-electron chi connectivity index (χ2n) is 5.60. The zero-order valence-electron chi connectivity index (χ0n) is 12.0. The second kappa shape index (κ2) is 6.44. The van der Waals surface area contributed by atoms with E-state index in [2.05, 4.69) is 10.2 Å². The van der Waals surface area contributed by atoms with E-state index in [1.807, 2.05) is 0 Å². The summed E-state index contributed by atoms with van der Waals surface area (Å²) in [5, 5.41) is 3.50. The summed E-state index contributed by atoms with van der Waals surface area (Å²) in [6, 6.07) is 4.28. The van der Waals surface area contributed by atoms with E-state index >= 15 is 0 Å². The number of nitrogens with one attached hydrogen (secondary N) is 1. The largest absolute Gasteiger partial charge is 0.328 e. The molecule has 5 nitrogen and oxygen atoms in total. The molecule has 2 saturated heterocycles. The van der Waals surface area contributed by atoms with Crippen molar-refractivity contribution in [1.29, 1.82) is 0 Å². The lowest BCUT2D eigenvalue weighted by molar-refractivity contribution is -0.139. The molecule has 7 heteroatoms. The monoisotopic (exact) mass is 341 g/mol. The first-order valence-electron chi connectivity index (χ1n) is 7.38. The van der Waals surface area contributed by atoms with Gasteiger partial charge in [0.05, 0.1) is 16.1 Å². The molecule has 118 valence electrons. The minimum absolute atomic E-state index is 0.108. The minimum atomic E-state index is -0.409. The van der Waals surface area contributed by atoms with Gasteiger partial charge in [-0.15, -0.1) is 0 Å². The highest BCUT2D eigenvalue weighted by atomic mass is 35.5. The molecular formula is C15H17Cl2N3O2. The lowest BCUT2D eigenvalue weighted by Gasteiger charge is -2.42. The van der Waals surface area contributed by atoms with Crippen LogP contribution in [0.25, 0.3) is 0 Å². The number of benzene rings is 1. The van der Waals surface area contributed by atoms with Crippen LogP contribution in [-0.2, 0) is 4.79 Å². The summed E-state index contributed by atoms with van der Waals surface area (Å²) in [6.07, 6.45) is 2.99. The van der Waals surface area contributed by atoms with Crippen LogP contribution >= 0.6 is 23.2 Å². The van der Waals surface area contributed by atoms with Crippen LogP contribution in [-0.4, -0.2) is 47.4 Å². The quantitative estimate of drug-likeness (QED) is 0.853. The first-order valence-corrected chi connectivity index (χ1v) is 8.13. The number of amides is 3. The van der Waals surface area contributed by atoms with Crippen molar-refractivity contribution < 1.29 is 9.59 Å². The number of piperazine rings is 1. The van der Waals surface area contributed by atoms with Gasteiger partial charge < -0.3 is 5.32 Å². The van der Waals surface area contributed by atoms with Crippen molar-refractivity contribution in [3.05, 3.63) is 28.2 Å². The molecule has 3 amide bonds. The number of nitrogens with zero attached hydrogens (tertiary/aromatic N) is 2. The van der Waals surface area contributed by atoms with Gasteiger partial charge in [-0.05, 0) is 37.6 Å². The zero-order chi connectivity index (χ0) is 15.7. The van der Waals surface area contributed by atoms with Crippen molar-refractivity contribution in [2.45, 2.75) is 25.3 Å². The lowest BCUT2D eigenvalue weighted by Crippen LogP contribution is -2.60. The minimum Gasteiger partial charge on any atom is -0.307 e. The number of carbonyl (C=O) groups excluding carboxylic acids is 2. The standard InChI is InChI=1S/C15H17Cl2N3O2/c16-11-5-4-10(9-12(11)17)18-15(22)20-8-7-19-6-2-1-3-13(19)14(20)21/h4-5,9,13H,1-3,6-8H2,(H,18,22). The third-order valence-corrected chi connectivity index (χ3v) is 4.93. The maximum absolute atomic E-state index is 12.5. The molecule has 1 aromatic carbocycles. The first-order chi connectivity index (χ1) is 10.6. The Balaban J connectivity index is 1.69. The summed E-state index contributed by atoms with van der Waals surface area (Å²) in [5.41, 5.74) is 0.526. The summed E-state index contributed by atoms with van der Waals surface area (Å²) in [7, 11) is 0. The number of hydrogen-bond acceptors (Lipinski definition) is 3. The normalized spacial score (nSPS) is 22.4. The molecule has 0 aromatic heterocycles. The first kappa shape index (κ1) is 15.6. The molecule has 22 heavy (non-hydrogen) atoms. The summed E-state index contributed by atoms with van der Waals surface area (Å²) in [4.78, 5) is 28.3. The fourth-order valence-electron chi connectivity index (χ4n) is 3.02. The predicted molar refractivity (Wildman–Crippen MR) is 86.4 cm³/mol. The molecule has 2 aliphatic heterocycles. The van der Waals surface area contributed by atoms with Crippen molar-refractivity contribution >= 4 is 40.8 Å². The molecule has 0 aliphatic carbocycles. The number of rotatable bonds is 1. The Labute approximate surface area is 139 Å². The third kappa shape index (κ3) is 3.07. The maximum atomic E-state index is 12.5. The molecule has 0 bridgehead atoms. The number of piperidine rings is 1. The Bertz CT molecular complexity index is 608. The number of urea groups is 1. The molecule has 0 spiro atoms. The van der Waals surface area contributed by atoms with E-state index < -0.39 is 6.03 Å². The molecule has 0 radical (unpaired) electrons. The molecule has 2 aliphatic rings. The van der Waals surface area contributed by atoms with E-state index in [-0.39, 0.29) is 11.9 Å². The highest BCUT2D eigenvalue weighted by Gasteiger charge is 2.38. The van der Waals surface area contributed by atoms with Crippen LogP contribution in [0.1, 0.15) is 19.3 Å². The van der Waals surface area contributed by atoms with Crippen LogP contribution in [0.2, 0.25) is 10.0 Å². The molecular weight excluding hydrogens is 325 g/mol. The number of fused-ring (bicyclic) bond motifs is 1. The highest BCUT2D eigenvalue weighted by Crippen LogP contribution is 2.26. The number of anilines is 1. The molecule has 1 aromatic rings. The van der Waals surface area contributed by atoms with E-state index in [9.17, 15) is 9.59 Å². The van der Waals surface area contributed by atoms with E-state index in [0.717, 1.165) is 32.4 Å². The average molecular weight is 342 g/mol. The van der Waals surface area contributed by atoms with Crippen molar-refractivity contribution in [1.82, 2.24) is 9.80 Å². The van der Waals surface area contributed by atoms with Gasteiger partial charge in [0.25, 0.3) is 0 Å². The van der Waals surface area contributed by atoms with Crippen molar-refractivity contribution in [3.63, 3.8) is 0 Å². The van der Waals surface area contributed by atoms with Crippen LogP contribution in [0.3, 0.4) is 0 Å². The number of hydrogen-bond donors (Lipinski definition) is 1. The number of imide groups is 1. The fourth-order valence-corrected chi connectivity index (χ4v) is 3.32. The van der Waals surface area contributed by atoms with E-state index in [1.165, 1.54) is 4.90 Å². The van der Waals surface area contributed by atoms with Crippen LogP contribution in [0.15, 0.2) is 18.2 Å². The Kier molecular flexibility index (Phi) is 4.57. The SMILES string of the molecule is O=C(Nc1ccc(Cl)c(Cl)c1)N1CCN2CCCCC2C1=O. The second-order valence-corrected chi connectivity index (χ2v) is 6.41. The average Bonchev–Trinajstić information content (AvgIpc) is 2.51. The predicted octanol–water partition coefficient (Wildman–Crippen LogP) is 3.22. The molecule has 3 rings (SSSR count). The Morgan fingerprint density at radius 2 is 1.95 bits per heavy atom. The Morgan fingerprint density at radius 3 is 2.73 bits per heavy atom. The molecule has 2 fully saturated rings. The van der Waals surface area contributed by atoms with Crippen LogP contribution in [0, 0.1) is 0 Å². The van der Waals surface area contributed by atoms with Crippen molar-refractivity contribution in [2.24, 2.45) is 0 Å². The van der Waals surface area contributed by atoms with Gasteiger partial charge in [-0.2, -0.15) is 0 Å². The van der Waals surface area contributed by atoms with E-state index in [0.29, 0.717) is 22.3 Å². The topological polar surface area (TPSA) is 52.7 Å².